The monoisotopic (exact) mass is 256 g/mol. The standard InChI is InChI=1S/C17H24N2/c1-2-5-15(6-3-1)17-13-18-10-4-7-16(18)12-19(17)11-14-8-9-14/h1-3,5-6,14,16-17H,4,7-13H2. The summed E-state index contributed by atoms with van der Waals surface area (Å²) in [6.45, 7) is 5.21. The van der Waals surface area contributed by atoms with E-state index >= 15 is 0 Å². The molecule has 1 saturated carbocycles. The zero-order valence-electron chi connectivity index (χ0n) is 11.7. The fourth-order valence-electron chi connectivity index (χ4n) is 3.90. The first kappa shape index (κ1) is 11.9. The predicted octanol–water partition coefficient (Wildman–Crippen LogP) is 2.92. The first-order valence-corrected chi connectivity index (χ1v) is 7.93. The van der Waals surface area contributed by atoms with Gasteiger partial charge in [0.1, 0.15) is 0 Å². The van der Waals surface area contributed by atoms with E-state index in [0.717, 1.165) is 12.0 Å². The van der Waals surface area contributed by atoms with Gasteiger partial charge in [0.15, 0.2) is 0 Å². The van der Waals surface area contributed by atoms with Gasteiger partial charge in [0, 0.05) is 31.7 Å². The minimum Gasteiger partial charge on any atom is -0.297 e. The third kappa shape index (κ3) is 2.44. The molecule has 0 amide bonds. The van der Waals surface area contributed by atoms with Crippen LogP contribution in [0, 0.1) is 5.92 Å². The lowest BCUT2D eigenvalue weighted by Gasteiger charge is -2.44. The van der Waals surface area contributed by atoms with E-state index in [-0.39, 0.29) is 0 Å². The maximum absolute atomic E-state index is 2.79. The van der Waals surface area contributed by atoms with Crippen molar-refractivity contribution in [3.8, 4) is 0 Å². The van der Waals surface area contributed by atoms with E-state index in [9.17, 15) is 0 Å². The van der Waals surface area contributed by atoms with Gasteiger partial charge in [-0.25, -0.2) is 0 Å². The Morgan fingerprint density at radius 1 is 1.00 bits per heavy atom. The van der Waals surface area contributed by atoms with Gasteiger partial charge in [-0.2, -0.15) is 0 Å². The van der Waals surface area contributed by atoms with Gasteiger partial charge in [0.25, 0.3) is 0 Å². The fraction of sp³-hybridized carbons (Fsp3) is 0.647. The Morgan fingerprint density at radius 3 is 2.63 bits per heavy atom. The third-order valence-electron chi connectivity index (χ3n) is 5.17. The summed E-state index contributed by atoms with van der Waals surface area (Å²) in [7, 11) is 0. The second-order valence-electron chi connectivity index (χ2n) is 6.61. The largest absolute Gasteiger partial charge is 0.297 e. The number of piperazine rings is 1. The van der Waals surface area contributed by atoms with Crippen LogP contribution in [0.2, 0.25) is 0 Å². The van der Waals surface area contributed by atoms with Gasteiger partial charge in [-0.05, 0) is 43.7 Å². The van der Waals surface area contributed by atoms with Crippen molar-refractivity contribution in [2.45, 2.75) is 37.8 Å². The molecule has 2 aliphatic heterocycles. The summed E-state index contributed by atoms with van der Waals surface area (Å²) in [5.41, 5.74) is 1.52. The fourth-order valence-corrected chi connectivity index (χ4v) is 3.90. The van der Waals surface area contributed by atoms with Crippen LogP contribution in [0.25, 0.3) is 0 Å². The Labute approximate surface area is 116 Å². The third-order valence-corrected chi connectivity index (χ3v) is 5.17. The molecule has 0 aromatic heterocycles. The molecule has 2 nitrogen and oxygen atoms in total. The highest BCUT2D eigenvalue weighted by molar-refractivity contribution is 5.21. The molecular formula is C17H24N2. The summed E-state index contributed by atoms with van der Waals surface area (Å²) in [5.74, 6) is 0.999. The van der Waals surface area contributed by atoms with Crippen LogP contribution in [0.3, 0.4) is 0 Å². The van der Waals surface area contributed by atoms with Gasteiger partial charge in [-0.1, -0.05) is 30.3 Å². The number of hydrogen-bond donors (Lipinski definition) is 0. The first-order valence-electron chi connectivity index (χ1n) is 7.93. The lowest BCUT2D eigenvalue weighted by molar-refractivity contribution is 0.0472. The van der Waals surface area contributed by atoms with Crippen molar-refractivity contribution in [3.63, 3.8) is 0 Å². The van der Waals surface area contributed by atoms with E-state index in [4.69, 9.17) is 0 Å². The van der Waals surface area contributed by atoms with Crippen LogP contribution in [-0.2, 0) is 0 Å². The normalized spacial score (nSPS) is 32.4. The van der Waals surface area contributed by atoms with Crippen molar-refractivity contribution in [1.29, 1.82) is 0 Å². The summed E-state index contributed by atoms with van der Waals surface area (Å²) in [6.07, 6.45) is 5.75. The second-order valence-corrected chi connectivity index (χ2v) is 6.61. The van der Waals surface area contributed by atoms with E-state index in [1.165, 1.54) is 57.4 Å². The highest BCUT2D eigenvalue weighted by Crippen LogP contribution is 2.37. The van der Waals surface area contributed by atoms with Crippen LogP contribution in [-0.4, -0.2) is 42.0 Å². The second kappa shape index (κ2) is 4.92. The number of nitrogens with zero attached hydrogens (tertiary/aromatic N) is 2. The summed E-state index contributed by atoms with van der Waals surface area (Å²) in [5, 5.41) is 0. The first-order chi connectivity index (χ1) is 9.40. The Kier molecular flexibility index (Phi) is 3.08. The minimum atomic E-state index is 0.635. The lowest BCUT2D eigenvalue weighted by atomic mass is 9.99. The highest BCUT2D eigenvalue weighted by Gasteiger charge is 2.38. The van der Waals surface area contributed by atoms with Gasteiger partial charge in [-0.15, -0.1) is 0 Å². The molecule has 0 radical (unpaired) electrons. The van der Waals surface area contributed by atoms with E-state index in [0.29, 0.717) is 6.04 Å². The molecule has 0 N–H and O–H groups in total. The number of fused-ring (bicyclic) bond motifs is 1. The molecular weight excluding hydrogens is 232 g/mol. The molecule has 2 heteroatoms. The predicted molar refractivity (Wildman–Crippen MR) is 78.1 cm³/mol. The summed E-state index contributed by atoms with van der Waals surface area (Å²) in [4.78, 5) is 5.53. The Hall–Kier alpha value is -0.860. The Bertz CT molecular complexity index is 426. The lowest BCUT2D eigenvalue weighted by Crippen LogP contribution is -2.52. The number of benzene rings is 1. The Morgan fingerprint density at radius 2 is 1.84 bits per heavy atom. The van der Waals surface area contributed by atoms with Gasteiger partial charge in [0.2, 0.25) is 0 Å². The molecule has 19 heavy (non-hydrogen) atoms. The van der Waals surface area contributed by atoms with E-state index in [1.807, 2.05) is 0 Å². The van der Waals surface area contributed by atoms with Crippen molar-refractivity contribution >= 4 is 0 Å². The van der Waals surface area contributed by atoms with Gasteiger partial charge in [0.05, 0.1) is 0 Å². The topological polar surface area (TPSA) is 6.48 Å². The molecule has 2 heterocycles. The van der Waals surface area contributed by atoms with Crippen molar-refractivity contribution in [1.82, 2.24) is 9.80 Å². The smallest absolute Gasteiger partial charge is 0.0476 e. The molecule has 2 saturated heterocycles. The van der Waals surface area contributed by atoms with Gasteiger partial charge < -0.3 is 0 Å². The summed E-state index contributed by atoms with van der Waals surface area (Å²) >= 11 is 0. The van der Waals surface area contributed by atoms with Crippen LogP contribution in [0.5, 0.6) is 0 Å². The average molecular weight is 256 g/mol. The van der Waals surface area contributed by atoms with Crippen molar-refractivity contribution in [3.05, 3.63) is 35.9 Å². The molecule has 2 unspecified atom stereocenters. The van der Waals surface area contributed by atoms with Crippen molar-refractivity contribution in [2.75, 3.05) is 26.2 Å². The minimum absolute atomic E-state index is 0.635. The molecule has 1 aromatic carbocycles. The molecule has 2 atom stereocenters. The SMILES string of the molecule is c1ccc(C2CN3CCCC3CN2CC2CC2)cc1. The van der Waals surface area contributed by atoms with Gasteiger partial charge in [-0.3, -0.25) is 9.80 Å². The average Bonchev–Trinajstić information content (AvgIpc) is 3.15. The van der Waals surface area contributed by atoms with Gasteiger partial charge >= 0.3 is 0 Å². The van der Waals surface area contributed by atoms with E-state index in [1.54, 1.807) is 0 Å². The molecule has 1 aromatic rings. The zero-order valence-corrected chi connectivity index (χ0v) is 11.7. The molecule has 1 aliphatic carbocycles. The molecule has 0 bridgehead atoms. The maximum atomic E-state index is 2.79. The van der Waals surface area contributed by atoms with Crippen LogP contribution in [0.1, 0.15) is 37.3 Å². The van der Waals surface area contributed by atoms with Crippen LogP contribution in [0.15, 0.2) is 30.3 Å². The molecule has 3 aliphatic rings. The molecule has 3 fully saturated rings. The maximum Gasteiger partial charge on any atom is 0.0476 e. The number of rotatable bonds is 3. The number of hydrogen-bond acceptors (Lipinski definition) is 2. The summed E-state index contributed by atoms with van der Waals surface area (Å²) < 4.78 is 0. The zero-order chi connectivity index (χ0) is 12.7. The Balaban J connectivity index is 1.57. The molecule has 4 rings (SSSR count). The highest BCUT2D eigenvalue weighted by atomic mass is 15.3. The quantitative estimate of drug-likeness (QED) is 0.820. The van der Waals surface area contributed by atoms with E-state index in [2.05, 4.69) is 40.1 Å². The molecule has 0 spiro atoms. The van der Waals surface area contributed by atoms with Crippen molar-refractivity contribution in [2.24, 2.45) is 5.92 Å². The van der Waals surface area contributed by atoms with Crippen LogP contribution < -0.4 is 0 Å². The van der Waals surface area contributed by atoms with E-state index < -0.39 is 0 Å². The summed E-state index contributed by atoms with van der Waals surface area (Å²) in [6, 6.07) is 12.6. The molecule has 102 valence electrons. The van der Waals surface area contributed by atoms with Crippen LogP contribution >= 0.6 is 0 Å². The van der Waals surface area contributed by atoms with Crippen molar-refractivity contribution < 1.29 is 0 Å². The van der Waals surface area contributed by atoms with Crippen LogP contribution in [0.4, 0.5) is 0 Å².